The average Bonchev–Trinajstić information content (AvgIpc) is 2.64. The topological polar surface area (TPSA) is 79.8 Å². The van der Waals surface area contributed by atoms with Gasteiger partial charge >= 0.3 is 5.69 Å². The van der Waals surface area contributed by atoms with Gasteiger partial charge < -0.3 is 5.32 Å². The number of H-pyrrole nitrogens is 1. The number of hydrogen-bond donors (Lipinski definition) is 2. The van der Waals surface area contributed by atoms with Crippen LogP contribution < -0.4 is 11.0 Å². The minimum absolute atomic E-state index is 0.0286. The van der Waals surface area contributed by atoms with Gasteiger partial charge in [-0.15, -0.1) is 5.10 Å². The lowest BCUT2D eigenvalue weighted by Gasteiger charge is -2.14. The van der Waals surface area contributed by atoms with E-state index in [4.69, 9.17) is 0 Å². The molecule has 17 heavy (non-hydrogen) atoms. The van der Waals surface area contributed by atoms with E-state index in [9.17, 15) is 9.59 Å². The summed E-state index contributed by atoms with van der Waals surface area (Å²) in [5.41, 5.74) is -0.270. The van der Waals surface area contributed by atoms with Gasteiger partial charge in [-0.25, -0.2) is 9.89 Å². The Kier molecular flexibility index (Phi) is 5.27. The third-order valence-electron chi connectivity index (χ3n) is 2.52. The molecule has 0 aromatic carbocycles. The van der Waals surface area contributed by atoms with E-state index in [1.165, 1.54) is 16.3 Å². The van der Waals surface area contributed by atoms with Crippen LogP contribution in [0.15, 0.2) is 9.95 Å². The summed E-state index contributed by atoms with van der Waals surface area (Å²) in [5, 5.41) is 9.59. The second kappa shape index (κ2) is 6.48. The van der Waals surface area contributed by atoms with Crippen molar-refractivity contribution in [1.82, 2.24) is 20.1 Å². The molecule has 0 aliphatic rings. The van der Waals surface area contributed by atoms with E-state index in [2.05, 4.69) is 15.5 Å². The molecule has 0 saturated heterocycles. The fourth-order valence-corrected chi connectivity index (χ4v) is 2.08. The monoisotopic (exact) mass is 258 g/mol. The molecular weight excluding hydrogens is 240 g/mol. The third kappa shape index (κ3) is 3.92. The van der Waals surface area contributed by atoms with Crippen molar-refractivity contribution >= 4 is 17.7 Å². The predicted octanol–water partition coefficient (Wildman–Crippen LogP) is 0.505. The fourth-order valence-electron chi connectivity index (χ4n) is 1.35. The quantitative estimate of drug-likeness (QED) is 0.728. The molecule has 1 heterocycles. The van der Waals surface area contributed by atoms with Crippen LogP contribution >= 0.6 is 11.8 Å². The lowest BCUT2D eigenvalue weighted by atomic mass is 10.2. The first-order valence-corrected chi connectivity index (χ1v) is 6.60. The van der Waals surface area contributed by atoms with Crippen LogP contribution in [0.1, 0.15) is 26.7 Å². The molecule has 0 radical (unpaired) electrons. The largest absolute Gasteiger partial charge is 0.353 e. The van der Waals surface area contributed by atoms with Crippen LogP contribution in [0.2, 0.25) is 0 Å². The van der Waals surface area contributed by atoms with Crippen LogP contribution in [-0.2, 0) is 11.8 Å². The van der Waals surface area contributed by atoms with Gasteiger partial charge in [0.15, 0.2) is 5.16 Å². The predicted molar refractivity (Wildman–Crippen MR) is 67.1 cm³/mol. The number of nitrogens with one attached hydrogen (secondary N) is 2. The highest BCUT2D eigenvalue weighted by Gasteiger charge is 2.11. The minimum atomic E-state index is -0.270. The summed E-state index contributed by atoms with van der Waals surface area (Å²) >= 11 is 1.25. The maximum atomic E-state index is 11.6. The average molecular weight is 258 g/mol. The number of thioether (sulfide) groups is 1. The van der Waals surface area contributed by atoms with Crippen molar-refractivity contribution in [2.24, 2.45) is 7.05 Å². The second-order valence-electron chi connectivity index (χ2n) is 3.74. The Bertz CT molecular complexity index is 422. The molecule has 1 rings (SSSR count). The zero-order valence-electron chi connectivity index (χ0n) is 10.3. The van der Waals surface area contributed by atoms with Crippen molar-refractivity contribution in [2.75, 3.05) is 5.75 Å². The molecule has 0 saturated carbocycles. The molecule has 0 spiro atoms. The summed E-state index contributed by atoms with van der Waals surface area (Å²) < 4.78 is 1.38. The van der Waals surface area contributed by atoms with Crippen LogP contribution in [0.25, 0.3) is 0 Å². The summed E-state index contributed by atoms with van der Waals surface area (Å²) in [5.74, 6) is 0.244. The highest BCUT2D eigenvalue weighted by molar-refractivity contribution is 7.99. The highest BCUT2D eigenvalue weighted by atomic mass is 32.2. The number of aromatic amines is 1. The summed E-state index contributed by atoms with van der Waals surface area (Å²) in [6.07, 6.45) is 1.85. The SMILES string of the molecule is CCC(CC)NC(=O)CSc1n[nH]c(=O)n1C. The van der Waals surface area contributed by atoms with Gasteiger partial charge in [0.2, 0.25) is 5.91 Å². The summed E-state index contributed by atoms with van der Waals surface area (Å²) in [6.45, 7) is 4.08. The number of carbonyl (C=O) groups excluding carboxylic acids is 1. The molecule has 1 amide bonds. The van der Waals surface area contributed by atoms with E-state index in [0.29, 0.717) is 5.16 Å². The lowest BCUT2D eigenvalue weighted by Crippen LogP contribution is -2.35. The van der Waals surface area contributed by atoms with E-state index in [-0.39, 0.29) is 23.4 Å². The molecule has 0 aliphatic carbocycles. The highest BCUT2D eigenvalue weighted by Crippen LogP contribution is 2.11. The van der Waals surface area contributed by atoms with Crippen molar-refractivity contribution in [3.05, 3.63) is 10.5 Å². The molecule has 0 aliphatic heterocycles. The molecule has 7 heteroatoms. The number of aromatic nitrogens is 3. The maximum absolute atomic E-state index is 11.6. The van der Waals surface area contributed by atoms with Crippen molar-refractivity contribution in [3.63, 3.8) is 0 Å². The van der Waals surface area contributed by atoms with Gasteiger partial charge in [-0.1, -0.05) is 25.6 Å². The fraction of sp³-hybridized carbons (Fsp3) is 0.700. The Hall–Kier alpha value is -1.24. The van der Waals surface area contributed by atoms with Crippen molar-refractivity contribution in [3.8, 4) is 0 Å². The van der Waals surface area contributed by atoms with E-state index in [0.717, 1.165) is 12.8 Å². The molecule has 0 unspecified atom stereocenters. The number of rotatable bonds is 6. The molecule has 1 aromatic rings. The van der Waals surface area contributed by atoms with Crippen LogP contribution in [0.3, 0.4) is 0 Å². The van der Waals surface area contributed by atoms with Gasteiger partial charge in [0.05, 0.1) is 5.75 Å². The van der Waals surface area contributed by atoms with Crippen LogP contribution in [-0.4, -0.2) is 32.5 Å². The third-order valence-corrected chi connectivity index (χ3v) is 3.55. The zero-order chi connectivity index (χ0) is 12.8. The Balaban J connectivity index is 2.43. The summed E-state index contributed by atoms with van der Waals surface area (Å²) in [4.78, 5) is 22.7. The minimum Gasteiger partial charge on any atom is -0.353 e. The van der Waals surface area contributed by atoms with Crippen molar-refractivity contribution < 1.29 is 4.79 Å². The molecule has 0 atom stereocenters. The number of amides is 1. The van der Waals surface area contributed by atoms with Gasteiger partial charge in [-0.3, -0.25) is 9.36 Å². The van der Waals surface area contributed by atoms with Crippen molar-refractivity contribution in [1.29, 1.82) is 0 Å². The Morgan fingerprint density at radius 1 is 1.53 bits per heavy atom. The molecule has 0 fully saturated rings. The molecule has 0 bridgehead atoms. The molecule has 6 nitrogen and oxygen atoms in total. The Labute approximate surface area is 104 Å². The van der Waals surface area contributed by atoms with Crippen LogP contribution in [0.5, 0.6) is 0 Å². The Morgan fingerprint density at radius 2 is 2.18 bits per heavy atom. The second-order valence-corrected chi connectivity index (χ2v) is 4.68. The van der Waals surface area contributed by atoms with Gasteiger partial charge in [0, 0.05) is 13.1 Å². The van der Waals surface area contributed by atoms with E-state index in [1.807, 2.05) is 13.8 Å². The number of hydrogen-bond acceptors (Lipinski definition) is 4. The van der Waals surface area contributed by atoms with Crippen LogP contribution in [0.4, 0.5) is 0 Å². The zero-order valence-corrected chi connectivity index (χ0v) is 11.1. The molecular formula is C10H18N4O2S. The first kappa shape index (κ1) is 13.8. The summed E-state index contributed by atoms with van der Waals surface area (Å²) in [7, 11) is 1.62. The van der Waals surface area contributed by atoms with E-state index >= 15 is 0 Å². The first-order chi connectivity index (χ1) is 8.08. The standard InChI is InChI=1S/C10H18N4O2S/c1-4-7(5-2)11-8(15)6-17-10-13-12-9(16)14(10)3/h7H,4-6H2,1-3H3,(H,11,15)(H,12,16). The van der Waals surface area contributed by atoms with Gasteiger partial charge in [-0.2, -0.15) is 0 Å². The van der Waals surface area contributed by atoms with Gasteiger partial charge in [0.25, 0.3) is 0 Å². The van der Waals surface area contributed by atoms with Gasteiger partial charge in [-0.05, 0) is 12.8 Å². The normalized spacial score (nSPS) is 10.8. The first-order valence-electron chi connectivity index (χ1n) is 5.62. The summed E-state index contributed by atoms with van der Waals surface area (Å²) in [6, 6.07) is 0.228. The van der Waals surface area contributed by atoms with Crippen LogP contribution in [0, 0.1) is 0 Å². The number of nitrogens with zero attached hydrogens (tertiary/aromatic N) is 2. The maximum Gasteiger partial charge on any atom is 0.343 e. The van der Waals surface area contributed by atoms with Crippen molar-refractivity contribution in [2.45, 2.75) is 37.9 Å². The molecule has 96 valence electrons. The smallest absolute Gasteiger partial charge is 0.343 e. The van der Waals surface area contributed by atoms with Gasteiger partial charge in [0.1, 0.15) is 0 Å². The van der Waals surface area contributed by atoms with E-state index < -0.39 is 0 Å². The molecule has 2 N–H and O–H groups in total. The molecule has 1 aromatic heterocycles. The van der Waals surface area contributed by atoms with E-state index in [1.54, 1.807) is 7.05 Å². The number of carbonyl (C=O) groups is 1. The lowest BCUT2D eigenvalue weighted by molar-refractivity contribution is -0.119. The Morgan fingerprint density at radius 3 is 2.65 bits per heavy atom.